The standard InChI is InChI=1S/C17H25N3O/c1-13-9-15(11-18-16-3-4-16)10-17(19-13)20-7-5-14(6-8-20)12-21-2/h5,9-10,16,18H,3-4,6-8,11-12H2,1-2H3. The average molecular weight is 287 g/mol. The largest absolute Gasteiger partial charge is 0.380 e. The van der Waals surface area contributed by atoms with E-state index in [9.17, 15) is 0 Å². The number of aromatic nitrogens is 1. The van der Waals surface area contributed by atoms with Gasteiger partial charge in [0.1, 0.15) is 5.82 Å². The highest BCUT2D eigenvalue weighted by molar-refractivity contribution is 5.45. The Labute approximate surface area is 127 Å². The third-order valence-corrected chi connectivity index (χ3v) is 4.13. The van der Waals surface area contributed by atoms with Gasteiger partial charge < -0.3 is 15.0 Å². The van der Waals surface area contributed by atoms with Crippen molar-refractivity contribution in [2.24, 2.45) is 0 Å². The fourth-order valence-electron chi connectivity index (χ4n) is 2.77. The second-order valence-corrected chi connectivity index (χ2v) is 6.12. The van der Waals surface area contributed by atoms with Crippen LogP contribution in [0.3, 0.4) is 0 Å². The summed E-state index contributed by atoms with van der Waals surface area (Å²) in [6, 6.07) is 5.17. The summed E-state index contributed by atoms with van der Waals surface area (Å²) < 4.78 is 5.21. The second-order valence-electron chi connectivity index (χ2n) is 6.12. The molecule has 1 N–H and O–H groups in total. The molecule has 0 saturated heterocycles. The Bertz CT molecular complexity index is 523. The van der Waals surface area contributed by atoms with Crippen LogP contribution >= 0.6 is 0 Å². The van der Waals surface area contributed by atoms with Gasteiger partial charge in [0.15, 0.2) is 0 Å². The maximum atomic E-state index is 5.21. The molecule has 21 heavy (non-hydrogen) atoms. The molecule has 3 rings (SSSR count). The number of pyridine rings is 1. The van der Waals surface area contributed by atoms with E-state index < -0.39 is 0 Å². The summed E-state index contributed by atoms with van der Waals surface area (Å²) in [6.45, 7) is 5.76. The zero-order valence-electron chi connectivity index (χ0n) is 13.1. The summed E-state index contributed by atoms with van der Waals surface area (Å²) in [7, 11) is 1.76. The van der Waals surface area contributed by atoms with Gasteiger partial charge in [-0.3, -0.25) is 0 Å². The first-order chi connectivity index (χ1) is 10.2. The predicted molar refractivity (Wildman–Crippen MR) is 85.6 cm³/mol. The van der Waals surface area contributed by atoms with Crippen LogP contribution in [0, 0.1) is 6.92 Å². The van der Waals surface area contributed by atoms with Crippen molar-refractivity contribution in [1.29, 1.82) is 0 Å². The second kappa shape index (κ2) is 6.58. The first-order valence-electron chi connectivity index (χ1n) is 7.87. The van der Waals surface area contributed by atoms with E-state index in [4.69, 9.17) is 9.72 Å². The van der Waals surface area contributed by atoms with Crippen LogP contribution in [0.2, 0.25) is 0 Å². The van der Waals surface area contributed by atoms with Crippen molar-refractivity contribution in [2.75, 3.05) is 31.7 Å². The van der Waals surface area contributed by atoms with Crippen molar-refractivity contribution in [3.05, 3.63) is 35.0 Å². The van der Waals surface area contributed by atoms with Crippen LogP contribution in [0.25, 0.3) is 0 Å². The van der Waals surface area contributed by atoms with Crippen molar-refractivity contribution in [3.63, 3.8) is 0 Å². The smallest absolute Gasteiger partial charge is 0.129 e. The van der Waals surface area contributed by atoms with Crippen molar-refractivity contribution in [2.45, 2.75) is 38.8 Å². The van der Waals surface area contributed by atoms with Crippen molar-refractivity contribution in [3.8, 4) is 0 Å². The fourth-order valence-corrected chi connectivity index (χ4v) is 2.77. The third-order valence-electron chi connectivity index (χ3n) is 4.13. The Kier molecular flexibility index (Phi) is 4.56. The molecule has 1 aromatic rings. The molecule has 0 unspecified atom stereocenters. The van der Waals surface area contributed by atoms with E-state index >= 15 is 0 Å². The van der Waals surface area contributed by atoms with E-state index in [2.05, 4.69) is 35.3 Å². The zero-order chi connectivity index (χ0) is 14.7. The molecule has 0 radical (unpaired) electrons. The molecule has 4 heteroatoms. The van der Waals surface area contributed by atoms with Crippen molar-refractivity contribution < 1.29 is 4.74 Å². The van der Waals surface area contributed by atoms with Crippen LogP contribution in [0.4, 0.5) is 5.82 Å². The summed E-state index contributed by atoms with van der Waals surface area (Å²) in [6.07, 6.45) is 6.00. The summed E-state index contributed by atoms with van der Waals surface area (Å²) in [5, 5.41) is 3.58. The molecule has 0 spiro atoms. The molecule has 0 aromatic carbocycles. The van der Waals surface area contributed by atoms with Crippen molar-refractivity contribution >= 4 is 5.82 Å². The van der Waals surface area contributed by atoms with Crippen LogP contribution in [0.5, 0.6) is 0 Å². The van der Waals surface area contributed by atoms with Gasteiger partial charge in [-0.1, -0.05) is 6.08 Å². The first kappa shape index (κ1) is 14.5. The number of anilines is 1. The number of hydrogen-bond donors (Lipinski definition) is 1. The van der Waals surface area contributed by atoms with Gasteiger partial charge in [0.25, 0.3) is 0 Å². The van der Waals surface area contributed by atoms with Crippen LogP contribution in [-0.2, 0) is 11.3 Å². The number of methoxy groups -OCH3 is 1. The van der Waals surface area contributed by atoms with Gasteiger partial charge in [0.05, 0.1) is 6.61 Å². The SMILES string of the molecule is COCC1=CCN(c2cc(CNC3CC3)cc(C)n2)CC1. The maximum absolute atomic E-state index is 5.21. The Balaban J connectivity index is 1.66. The van der Waals surface area contributed by atoms with E-state index in [0.29, 0.717) is 0 Å². The predicted octanol–water partition coefficient (Wildman–Crippen LogP) is 2.42. The summed E-state index contributed by atoms with van der Waals surface area (Å²) in [5.41, 5.74) is 3.85. The lowest BCUT2D eigenvalue weighted by Crippen LogP contribution is -2.30. The molecule has 4 nitrogen and oxygen atoms in total. The van der Waals surface area contributed by atoms with Crippen LogP contribution in [0.15, 0.2) is 23.8 Å². The Hall–Kier alpha value is -1.39. The number of rotatable bonds is 6. The molecule has 0 atom stereocenters. The molecule has 0 amide bonds. The zero-order valence-corrected chi connectivity index (χ0v) is 13.1. The molecule has 2 aliphatic rings. The lowest BCUT2D eigenvalue weighted by molar-refractivity contribution is 0.222. The van der Waals surface area contributed by atoms with Gasteiger partial charge in [-0.15, -0.1) is 0 Å². The molecular weight excluding hydrogens is 262 g/mol. The normalized spacial score (nSPS) is 18.8. The number of ether oxygens (including phenoxy) is 1. The van der Waals surface area contributed by atoms with Gasteiger partial charge in [-0.25, -0.2) is 4.98 Å². The maximum Gasteiger partial charge on any atom is 0.129 e. The number of hydrogen-bond acceptors (Lipinski definition) is 4. The van der Waals surface area contributed by atoms with Gasteiger partial charge >= 0.3 is 0 Å². The fraction of sp³-hybridized carbons (Fsp3) is 0.588. The first-order valence-corrected chi connectivity index (χ1v) is 7.87. The molecule has 2 heterocycles. The molecule has 0 bridgehead atoms. The minimum Gasteiger partial charge on any atom is -0.380 e. The van der Waals surface area contributed by atoms with E-state index in [-0.39, 0.29) is 0 Å². The number of nitrogens with one attached hydrogen (secondary N) is 1. The van der Waals surface area contributed by atoms with Crippen LogP contribution in [0.1, 0.15) is 30.5 Å². The monoisotopic (exact) mass is 287 g/mol. The minimum atomic E-state index is 0.747. The van der Waals surface area contributed by atoms with E-state index in [0.717, 1.165) is 50.2 Å². The van der Waals surface area contributed by atoms with E-state index in [1.54, 1.807) is 7.11 Å². The van der Waals surface area contributed by atoms with Gasteiger partial charge in [-0.2, -0.15) is 0 Å². The molecule has 1 aliphatic carbocycles. The van der Waals surface area contributed by atoms with E-state index in [1.165, 1.54) is 24.0 Å². The lowest BCUT2D eigenvalue weighted by atomic mass is 10.1. The Morgan fingerprint density at radius 2 is 2.24 bits per heavy atom. The molecule has 114 valence electrons. The number of aryl methyl sites for hydroxylation is 1. The molecule has 1 aliphatic heterocycles. The van der Waals surface area contributed by atoms with Gasteiger partial charge in [0, 0.05) is 38.5 Å². The van der Waals surface area contributed by atoms with Crippen molar-refractivity contribution in [1.82, 2.24) is 10.3 Å². The Morgan fingerprint density at radius 1 is 1.38 bits per heavy atom. The average Bonchev–Trinajstić information content (AvgIpc) is 3.30. The summed E-state index contributed by atoms with van der Waals surface area (Å²) in [5.74, 6) is 1.11. The highest BCUT2D eigenvalue weighted by Gasteiger charge is 2.20. The number of nitrogens with zero attached hydrogens (tertiary/aromatic N) is 2. The highest BCUT2D eigenvalue weighted by atomic mass is 16.5. The van der Waals surface area contributed by atoms with E-state index in [1.807, 2.05) is 0 Å². The van der Waals surface area contributed by atoms with Crippen LogP contribution in [-0.4, -0.2) is 37.8 Å². The topological polar surface area (TPSA) is 37.4 Å². The molecule has 1 saturated carbocycles. The lowest BCUT2D eigenvalue weighted by Gasteiger charge is -2.28. The third kappa shape index (κ3) is 4.05. The summed E-state index contributed by atoms with van der Waals surface area (Å²) >= 11 is 0. The van der Waals surface area contributed by atoms with Gasteiger partial charge in [-0.05, 0) is 49.5 Å². The molecule has 1 fully saturated rings. The molecule has 1 aromatic heterocycles. The van der Waals surface area contributed by atoms with Gasteiger partial charge in [0.2, 0.25) is 0 Å². The minimum absolute atomic E-state index is 0.747. The van der Waals surface area contributed by atoms with Crippen LogP contribution < -0.4 is 10.2 Å². The highest BCUT2D eigenvalue weighted by Crippen LogP contribution is 2.22. The molecular formula is C17H25N3O. The quantitative estimate of drug-likeness (QED) is 0.815. The Morgan fingerprint density at radius 3 is 2.90 bits per heavy atom. The summed E-state index contributed by atoms with van der Waals surface area (Å²) in [4.78, 5) is 7.06.